The molecule has 0 fully saturated rings. The Labute approximate surface area is 184 Å². The third kappa shape index (κ3) is 4.53. The van der Waals surface area contributed by atoms with Crippen molar-refractivity contribution in [3.63, 3.8) is 0 Å². The van der Waals surface area contributed by atoms with Gasteiger partial charge in [0.15, 0.2) is 0 Å². The summed E-state index contributed by atoms with van der Waals surface area (Å²) in [5.74, 6) is -0.422. The van der Waals surface area contributed by atoms with Gasteiger partial charge in [-0.3, -0.25) is 19.4 Å². The molecule has 3 N–H and O–H groups in total. The van der Waals surface area contributed by atoms with Crippen molar-refractivity contribution in [3.05, 3.63) is 78.5 Å². The van der Waals surface area contributed by atoms with E-state index >= 15 is 0 Å². The minimum atomic E-state index is -0.640. The summed E-state index contributed by atoms with van der Waals surface area (Å²) >= 11 is 0. The van der Waals surface area contributed by atoms with Crippen molar-refractivity contribution in [1.29, 1.82) is 0 Å². The lowest BCUT2D eigenvalue weighted by atomic mass is 10.1. The minimum Gasteiger partial charge on any atom is -0.394 e. The number of aliphatic hydroxyl groups is 2. The van der Waals surface area contributed by atoms with Crippen LogP contribution in [0.25, 0.3) is 22.6 Å². The number of hydrogen-bond donors (Lipinski definition) is 3. The van der Waals surface area contributed by atoms with Crippen LogP contribution >= 0.6 is 0 Å². The van der Waals surface area contributed by atoms with Crippen LogP contribution in [0.4, 0.5) is 5.69 Å². The Morgan fingerprint density at radius 1 is 1.09 bits per heavy atom. The van der Waals surface area contributed by atoms with Gasteiger partial charge in [-0.05, 0) is 42.8 Å². The Bertz CT molecular complexity index is 1220. The number of anilines is 1. The summed E-state index contributed by atoms with van der Waals surface area (Å²) in [5.41, 5.74) is 4.03. The van der Waals surface area contributed by atoms with Gasteiger partial charge in [-0.25, -0.2) is 4.98 Å². The highest BCUT2D eigenvalue weighted by Gasteiger charge is 2.20. The summed E-state index contributed by atoms with van der Waals surface area (Å²) in [4.78, 5) is 26.0. The molecule has 0 unspecified atom stereocenters. The molecule has 9 heteroatoms. The molecule has 1 amide bonds. The summed E-state index contributed by atoms with van der Waals surface area (Å²) in [6, 6.07) is 11.9. The zero-order chi connectivity index (χ0) is 22.5. The maximum atomic E-state index is 13.0. The monoisotopic (exact) mass is 430 g/mol. The van der Waals surface area contributed by atoms with Gasteiger partial charge in [-0.1, -0.05) is 12.1 Å². The zero-order valence-electron chi connectivity index (χ0n) is 17.4. The number of carbonyl (C=O) groups excluding carboxylic acids is 1. The van der Waals surface area contributed by atoms with E-state index in [0.717, 1.165) is 11.1 Å². The molecule has 0 aliphatic carbocycles. The van der Waals surface area contributed by atoms with Crippen LogP contribution in [-0.2, 0) is 0 Å². The topological polar surface area (TPSA) is 126 Å². The molecule has 4 aromatic heterocycles. The number of aromatic nitrogens is 5. The Morgan fingerprint density at radius 3 is 2.62 bits per heavy atom. The second kappa shape index (κ2) is 9.46. The lowest BCUT2D eigenvalue weighted by molar-refractivity contribution is 0.102. The van der Waals surface area contributed by atoms with E-state index in [9.17, 15) is 15.0 Å². The number of amides is 1. The molecule has 9 nitrogen and oxygen atoms in total. The van der Waals surface area contributed by atoms with Crippen molar-refractivity contribution < 1.29 is 15.0 Å². The first-order chi connectivity index (χ1) is 15.6. The number of nitrogens with zero attached hydrogens (tertiary/aromatic N) is 5. The smallest absolute Gasteiger partial charge is 0.274 e. The first kappa shape index (κ1) is 21.3. The maximum absolute atomic E-state index is 13.0. The van der Waals surface area contributed by atoms with Crippen LogP contribution in [0.3, 0.4) is 0 Å². The molecule has 0 atom stereocenters. The molecule has 4 heterocycles. The van der Waals surface area contributed by atoms with E-state index in [1.165, 1.54) is 4.68 Å². The summed E-state index contributed by atoms with van der Waals surface area (Å²) in [7, 11) is 0. The van der Waals surface area contributed by atoms with Crippen molar-refractivity contribution >= 4 is 11.6 Å². The number of rotatable bonds is 7. The van der Waals surface area contributed by atoms with Crippen LogP contribution in [0, 0.1) is 6.92 Å². The molecule has 0 radical (unpaired) electrons. The highest BCUT2D eigenvalue weighted by atomic mass is 16.3. The normalized spacial score (nSPS) is 11.0. The predicted octanol–water partition coefficient (Wildman–Crippen LogP) is 2.49. The van der Waals surface area contributed by atoms with Crippen LogP contribution in [0.2, 0.25) is 0 Å². The Hall–Kier alpha value is -3.95. The molecule has 0 bridgehead atoms. The number of carbonyl (C=O) groups is 1. The molecule has 4 aromatic rings. The van der Waals surface area contributed by atoms with E-state index in [-0.39, 0.29) is 18.9 Å². The van der Waals surface area contributed by atoms with E-state index in [1.807, 2.05) is 25.1 Å². The third-order valence-electron chi connectivity index (χ3n) is 4.84. The van der Waals surface area contributed by atoms with Gasteiger partial charge in [0.05, 0.1) is 36.3 Å². The van der Waals surface area contributed by atoms with Crippen LogP contribution in [0.1, 0.15) is 22.1 Å². The molecule has 32 heavy (non-hydrogen) atoms. The van der Waals surface area contributed by atoms with E-state index in [1.54, 1.807) is 49.1 Å². The van der Waals surface area contributed by atoms with Crippen LogP contribution in [-0.4, -0.2) is 54.1 Å². The maximum Gasteiger partial charge on any atom is 0.274 e. The quantitative estimate of drug-likeness (QED) is 0.411. The van der Waals surface area contributed by atoms with Gasteiger partial charge in [0.2, 0.25) is 0 Å². The zero-order valence-corrected chi connectivity index (χ0v) is 17.4. The van der Waals surface area contributed by atoms with Crippen LogP contribution in [0.15, 0.2) is 67.3 Å². The molecule has 0 aromatic carbocycles. The SMILES string of the molecule is Cc1cncc(-c2cccc(C(=O)Nc3cn(C(CO)CO)nc3-c3ccccn3)n2)c1. The second-order valence-corrected chi connectivity index (χ2v) is 7.22. The van der Waals surface area contributed by atoms with Gasteiger partial charge in [-0.15, -0.1) is 0 Å². The summed E-state index contributed by atoms with van der Waals surface area (Å²) in [6.45, 7) is 1.33. The highest BCUT2D eigenvalue weighted by molar-refractivity contribution is 6.04. The second-order valence-electron chi connectivity index (χ2n) is 7.22. The molecule has 4 rings (SSSR count). The van der Waals surface area contributed by atoms with Gasteiger partial charge in [0, 0.05) is 30.4 Å². The van der Waals surface area contributed by atoms with Crippen molar-refractivity contribution in [3.8, 4) is 22.6 Å². The first-order valence-electron chi connectivity index (χ1n) is 10.0. The molecule has 0 saturated carbocycles. The fourth-order valence-electron chi connectivity index (χ4n) is 3.19. The lowest BCUT2D eigenvalue weighted by Gasteiger charge is -2.10. The van der Waals surface area contributed by atoms with E-state index < -0.39 is 11.9 Å². The molecule has 0 spiro atoms. The van der Waals surface area contributed by atoms with Crippen LogP contribution in [0.5, 0.6) is 0 Å². The average Bonchev–Trinajstić information content (AvgIpc) is 3.24. The summed E-state index contributed by atoms with van der Waals surface area (Å²) in [5, 5.41) is 26.3. The molecular weight excluding hydrogens is 408 g/mol. The van der Waals surface area contributed by atoms with Crippen molar-refractivity contribution in [1.82, 2.24) is 24.7 Å². The Morgan fingerprint density at radius 2 is 1.91 bits per heavy atom. The fourth-order valence-corrected chi connectivity index (χ4v) is 3.19. The summed E-state index contributed by atoms with van der Waals surface area (Å²) in [6.07, 6.45) is 6.64. The van der Waals surface area contributed by atoms with E-state index in [0.29, 0.717) is 22.8 Å². The fraction of sp³-hybridized carbons (Fsp3) is 0.174. The van der Waals surface area contributed by atoms with Crippen molar-refractivity contribution in [2.45, 2.75) is 13.0 Å². The number of aliphatic hydroxyl groups excluding tert-OH is 2. The average molecular weight is 430 g/mol. The highest BCUT2D eigenvalue weighted by Crippen LogP contribution is 2.27. The summed E-state index contributed by atoms with van der Waals surface area (Å²) < 4.78 is 1.42. The van der Waals surface area contributed by atoms with Crippen LogP contribution < -0.4 is 5.32 Å². The van der Waals surface area contributed by atoms with Gasteiger partial charge in [0.25, 0.3) is 5.91 Å². The first-order valence-corrected chi connectivity index (χ1v) is 10.0. The van der Waals surface area contributed by atoms with E-state index in [2.05, 4.69) is 25.4 Å². The van der Waals surface area contributed by atoms with Gasteiger partial charge in [-0.2, -0.15) is 5.10 Å². The van der Waals surface area contributed by atoms with Gasteiger partial charge >= 0.3 is 0 Å². The van der Waals surface area contributed by atoms with Crippen molar-refractivity contribution in [2.75, 3.05) is 18.5 Å². The predicted molar refractivity (Wildman–Crippen MR) is 119 cm³/mol. The number of aryl methyl sites for hydroxylation is 1. The van der Waals surface area contributed by atoms with Gasteiger partial charge < -0.3 is 15.5 Å². The standard InChI is InChI=1S/C23H22N6O3/c1-15-9-16(11-24-10-15)18-6-4-7-20(26-18)23(32)27-21-12-29(17(13-30)14-31)28-22(21)19-5-2-3-8-25-19/h2-12,17,30-31H,13-14H2,1H3,(H,27,32). The largest absolute Gasteiger partial charge is 0.394 e. The molecule has 162 valence electrons. The third-order valence-corrected chi connectivity index (χ3v) is 4.84. The number of nitrogens with one attached hydrogen (secondary N) is 1. The molecule has 0 saturated heterocycles. The number of hydrogen-bond acceptors (Lipinski definition) is 7. The lowest BCUT2D eigenvalue weighted by Crippen LogP contribution is -2.18. The Kier molecular flexibility index (Phi) is 6.29. The molecule has 0 aliphatic rings. The number of pyridine rings is 3. The minimum absolute atomic E-state index is 0.226. The van der Waals surface area contributed by atoms with Gasteiger partial charge in [0.1, 0.15) is 11.4 Å². The van der Waals surface area contributed by atoms with E-state index in [4.69, 9.17) is 0 Å². The molecular formula is C23H22N6O3. The Balaban J connectivity index is 1.66. The van der Waals surface area contributed by atoms with Crippen molar-refractivity contribution in [2.24, 2.45) is 0 Å². The molecule has 0 aliphatic heterocycles.